The van der Waals surface area contributed by atoms with Crippen LogP contribution in [0.1, 0.15) is 46.5 Å². The molecule has 0 aliphatic heterocycles. The zero-order chi connectivity index (χ0) is 11.5. The lowest BCUT2D eigenvalue weighted by Gasteiger charge is -2.34. The Hall–Kier alpha value is -0.330. The summed E-state index contributed by atoms with van der Waals surface area (Å²) in [7, 11) is 1.98. The molecule has 3 saturated carbocycles. The van der Waals surface area contributed by atoms with Crippen LogP contribution in [0.15, 0.2) is 4.99 Å². The van der Waals surface area contributed by atoms with Crippen molar-refractivity contribution in [2.24, 2.45) is 40.0 Å². The normalized spacial score (nSPS) is 55.8. The second-order valence-corrected chi connectivity index (χ2v) is 6.72. The van der Waals surface area contributed by atoms with Crippen molar-refractivity contribution in [3.63, 3.8) is 0 Å². The Morgan fingerprint density at radius 3 is 2.69 bits per heavy atom. The van der Waals surface area contributed by atoms with E-state index in [2.05, 4.69) is 25.8 Å². The van der Waals surface area contributed by atoms with Crippen LogP contribution in [-0.4, -0.2) is 12.8 Å². The largest absolute Gasteiger partial charge is 0.297 e. The van der Waals surface area contributed by atoms with E-state index in [4.69, 9.17) is 0 Å². The molecule has 0 aromatic heterocycles. The number of nitrogens with zero attached hydrogens (tertiary/aromatic N) is 1. The van der Waals surface area contributed by atoms with Crippen molar-refractivity contribution in [2.45, 2.75) is 46.5 Å². The Balaban J connectivity index is 1.99. The summed E-state index contributed by atoms with van der Waals surface area (Å²) < 4.78 is 0. The van der Waals surface area contributed by atoms with Crippen molar-refractivity contribution in [1.29, 1.82) is 0 Å². The third-order valence-electron chi connectivity index (χ3n) is 6.54. The van der Waals surface area contributed by atoms with Crippen LogP contribution in [-0.2, 0) is 0 Å². The van der Waals surface area contributed by atoms with Gasteiger partial charge in [-0.3, -0.25) is 4.99 Å². The molecule has 0 saturated heterocycles. The van der Waals surface area contributed by atoms with E-state index in [-0.39, 0.29) is 0 Å². The first-order valence-electron chi connectivity index (χ1n) is 7.03. The molecule has 0 N–H and O–H groups in total. The van der Waals surface area contributed by atoms with Crippen LogP contribution in [0.2, 0.25) is 0 Å². The van der Waals surface area contributed by atoms with E-state index in [1.807, 2.05) is 7.05 Å². The van der Waals surface area contributed by atoms with Crippen LogP contribution < -0.4 is 0 Å². The van der Waals surface area contributed by atoms with E-state index < -0.39 is 0 Å². The summed E-state index contributed by atoms with van der Waals surface area (Å²) in [6.07, 6.45) is 6.08. The predicted octanol–water partition coefficient (Wildman–Crippen LogP) is 3.79. The molecule has 0 heterocycles. The minimum Gasteiger partial charge on any atom is -0.297 e. The van der Waals surface area contributed by atoms with Gasteiger partial charge in [0.25, 0.3) is 0 Å². The molecule has 3 rings (SSSR count). The van der Waals surface area contributed by atoms with E-state index in [1.165, 1.54) is 31.4 Å². The van der Waals surface area contributed by atoms with Gasteiger partial charge in [0.2, 0.25) is 0 Å². The molecule has 1 spiro atoms. The van der Waals surface area contributed by atoms with Crippen molar-refractivity contribution in [3.05, 3.63) is 0 Å². The van der Waals surface area contributed by atoms with Crippen LogP contribution in [0.4, 0.5) is 0 Å². The van der Waals surface area contributed by atoms with Crippen LogP contribution in [0.5, 0.6) is 0 Å². The smallest absolute Gasteiger partial charge is 0.0276 e. The molecule has 0 aromatic rings. The lowest BCUT2D eigenvalue weighted by molar-refractivity contribution is 0.157. The molecule has 1 nitrogen and oxygen atoms in total. The van der Waals surface area contributed by atoms with Gasteiger partial charge >= 0.3 is 0 Å². The highest BCUT2D eigenvalue weighted by molar-refractivity contribution is 5.85. The van der Waals surface area contributed by atoms with E-state index in [0.717, 1.165) is 35.0 Å². The van der Waals surface area contributed by atoms with E-state index in [0.29, 0.717) is 0 Å². The number of fused-ring (bicyclic) bond motifs is 1. The highest BCUT2D eigenvalue weighted by atomic mass is 14.7. The third-order valence-corrected chi connectivity index (χ3v) is 6.54. The molecule has 3 aliphatic rings. The summed E-state index contributed by atoms with van der Waals surface area (Å²) in [5.74, 6) is 4.61. The highest BCUT2D eigenvalue weighted by Gasteiger charge is 2.63. The fourth-order valence-electron chi connectivity index (χ4n) is 5.62. The van der Waals surface area contributed by atoms with E-state index in [9.17, 15) is 0 Å². The maximum Gasteiger partial charge on any atom is 0.0276 e. The third kappa shape index (κ3) is 1.10. The average Bonchev–Trinajstić information content (AvgIpc) is 2.91. The predicted molar refractivity (Wildman–Crippen MR) is 68.7 cm³/mol. The van der Waals surface area contributed by atoms with Crippen LogP contribution in [0.25, 0.3) is 0 Å². The molecule has 2 bridgehead atoms. The number of aliphatic imine (C=N–C) groups is 1. The lowest BCUT2D eigenvalue weighted by atomic mass is 9.71. The molecule has 3 aliphatic carbocycles. The van der Waals surface area contributed by atoms with Gasteiger partial charge in [0.1, 0.15) is 0 Å². The van der Waals surface area contributed by atoms with Gasteiger partial charge in [-0.15, -0.1) is 0 Å². The zero-order valence-corrected chi connectivity index (χ0v) is 11.2. The Labute approximate surface area is 99.7 Å². The van der Waals surface area contributed by atoms with Gasteiger partial charge in [0.15, 0.2) is 0 Å². The SMILES string of the molecule is CN=C(C)C1C(C)C(C)[C@@]23CC[C@@H](CC12)C3. The Morgan fingerprint density at radius 2 is 2.06 bits per heavy atom. The number of hydrogen-bond donors (Lipinski definition) is 0. The summed E-state index contributed by atoms with van der Waals surface area (Å²) in [4.78, 5) is 4.51. The maximum atomic E-state index is 4.51. The minimum atomic E-state index is 0.723. The quantitative estimate of drug-likeness (QED) is 0.595. The Morgan fingerprint density at radius 1 is 1.31 bits per heavy atom. The maximum absolute atomic E-state index is 4.51. The first kappa shape index (κ1) is 10.8. The molecule has 4 unspecified atom stereocenters. The fraction of sp³-hybridized carbons (Fsp3) is 0.933. The van der Waals surface area contributed by atoms with E-state index in [1.54, 1.807) is 0 Å². The zero-order valence-electron chi connectivity index (χ0n) is 11.2. The van der Waals surface area contributed by atoms with Crippen molar-refractivity contribution in [2.75, 3.05) is 7.05 Å². The molecule has 6 atom stereocenters. The first-order valence-corrected chi connectivity index (χ1v) is 7.03. The molecule has 3 fully saturated rings. The second kappa shape index (κ2) is 3.34. The highest BCUT2D eigenvalue weighted by Crippen LogP contribution is 2.70. The summed E-state index contributed by atoms with van der Waals surface area (Å²) in [6, 6.07) is 0. The summed E-state index contributed by atoms with van der Waals surface area (Å²) >= 11 is 0. The van der Waals surface area contributed by atoms with Gasteiger partial charge < -0.3 is 0 Å². The second-order valence-electron chi connectivity index (χ2n) is 6.72. The molecule has 1 heteroatoms. The molecule has 0 amide bonds. The molecular formula is C15H25N. The monoisotopic (exact) mass is 219 g/mol. The van der Waals surface area contributed by atoms with Crippen LogP contribution >= 0.6 is 0 Å². The number of hydrogen-bond acceptors (Lipinski definition) is 1. The van der Waals surface area contributed by atoms with Gasteiger partial charge in [0, 0.05) is 18.7 Å². The van der Waals surface area contributed by atoms with Crippen molar-refractivity contribution in [1.82, 2.24) is 0 Å². The standard InChI is InChI=1S/C15H25N/c1-9-10(2)15-6-5-12(8-15)7-13(15)14(9)11(3)16-4/h9-10,12-14H,5-8H2,1-4H3/t9?,10?,12-,13?,14?,15-/m0/s1. The van der Waals surface area contributed by atoms with Crippen molar-refractivity contribution >= 4 is 5.71 Å². The molecule has 0 radical (unpaired) electrons. The van der Waals surface area contributed by atoms with E-state index >= 15 is 0 Å². The molecule has 16 heavy (non-hydrogen) atoms. The van der Waals surface area contributed by atoms with Gasteiger partial charge in [-0.1, -0.05) is 13.8 Å². The van der Waals surface area contributed by atoms with Gasteiger partial charge in [-0.25, -0.2) is 0 Å². The summed E-state index contributed by atoms with van der Waals surface area (Å²) in [5.41, 5.74) is 2.15. The number of rotatable bonds is 1. The van der Waals surface area contributed by atoms with Crippen LogP contribution in [0, 0.1) is 35.0 Å². The summed E-state index contributed by atoms with van der Waals surface area (Å²) in [6.45, 7) is 7.26. The van der Waals surface area contributed by atoms with Crippen LogP contribution in [0.3, 0.4) is 0 Å². The van der Waals surface area contributed by atoms with Gasteiger partial charge in [0.05, 0.1) is 0 Å². The topological polar surface area (TPSA) is 12.4 Å². The molecular weight excluding hydrogens is 194 g/mol. The Kier molecular flexibility index (Phi) is 2.25. The first-order chi connectivity index (χ1) is 7.60. The minimum absolute atomic E-state index is 0.723. The average molecular weight is 219 g/mol. The van der Waals surface area contributed by atoms with Gasteiger partial charge in [-0.2, -0.15) is 0 Å². The molecule has 90 valence electrons. The Bertz CT molecular complexity index is 332. The van der Waals surface area contributed by atoms with Crippen molar-refractivity contribution < 1.29 is 0 Å². The van der Waals surface area contributed by atoms with Crippen molar-refractivity contribution in [3.8, 4) is 0 Å². The summed E-state index contributed by atoms with van der Waals surface area (Å²) in [5, 5.41) is 0. The molecule has 0 aromatic carbocycles. The lowest BCUT2D eigenvalue weighted by Crippen LogP contribution is -2.28. The van der Waals surface area contributed by atoms with Gasteiger partial charge in [-0.05, 0) is 61.7 Å². The fourth-order valence-corrected chi connectivity index (χ4v) is 5.62.